The number of hydrogen-bond acceptors (Lipinski definition) is 4. The molecule has 1 heterocycles. The van der Waals surface area contributed by atoms with Gasteiger partial charge in [0, 0.05) is 41.1 Å². The van der Waals surface area contributed by atoms with Crippen LogP contribution in [0, 0.1) is 29.0 Å². The molecule has 0 radical (unpaired) electrons. The normalized spacial score (nSPS) is 25.4. The zero-order chi connectivity index (χ0) is 26.8. The van der Waals surface area contributed by atoms with Crippen LogP contribution in [-0.4, -0.2) is 29.4 Å². The molecule has 0 saturated heterocycles. The first-order valence-corrected chi connectivity index (χ1v) is 13.6. The maximum Gasteiger partial charge on any atom is 0.230 e. The van der Waals surface area contributed by atoms with Gasteiger partial charge in [-0.05, 0) is 86.1 Å². The largest absolute Gasteiger partial charge is 0.354 e. The highest BCUT2D eigenvalue weighted by molar-refractivity contribution is 6.32. The number of nitrogens with two attached hydrogens (primary N) is 1. The van der Waals surface area contributed by atoms with Crippen LogP contribution in [0.25, 0.3) is 0 Å². The molecule has 2 aromatic rings. The smallest absolute Gasteiger partial charge is 0.230 e. The molecule has 4 unspecified atom stereocenters. The molecule has 0 aliphatic heterocycles. The Labute approximate surface area is 223 Å². The van der Waals surface area contributed by atoms with E-state index in [0.717, 1.165) is 24.9 Å². The third-order valence-electron chi connectivity index (χ3n) is 8.11. The average Bonchev–Trinajstić information content (AvgIpc) is 3.64. The van der Waals surface area contributed by atoms with Crippen molar-refractivity contribution < 1.29 is 14.0 Å². The minimum atomic E-state index is -0.712. The van der Waals surface area contributed by atoms with Gasteiger partial charge in [-0.1, -0.05) is 38.4 Å². The van der Waals surface area contributed by atoms with E-state index in [1.54, 1.807) is 30.6 Å². The predicted octanol–water partition coefficient (Wildman–Crippen LogP) is 5.46. The molecule has 200 valence electrons. The summed E-state index contributed by atoms with van der Waals surface area (Å²) in [6.45, 7) is 6.76. The zero-order valence-electron chi connectivity index (χ0n) is 21.9. The molecule has 1 aromatic carbocycles. The first kappa shape index (κ1) is 27.5. The summed E-state index contributed by atoms with van der Waals surface area (Å²) in [5.74, 6) is 0.441. The van der Waals surface area contributed by atoms with E-state index in [9.17, 15) is 14.0 Å². The molecule has 2 aliphatic rings. The van der Waals surface area contributed by atoms with E-state index < -0.39 is 16.6 Å². The predicted molar refractivity (Wildman–Crippen MR) is 145 cm³/mol. The number of carbonyl (C=O) groups is 2. The molecule has 0 spiro atoms. The van der Waals surface area contributed by atoms with Gasteiger partial charge in [-0.15, -0.1) is 0 Å². The van der Waals surface area contributed by atoms with Gasteiger partial charge in [0.1, 0.15) is 5.82 Å². The number of aromatic nitrogens is 1. The van der Waals surface area contributed by atoms with Crippen LogP contribution in [0.1, 0.15) is 64.9 Å². The van der Waals surface area contributed by atoms with Crippen molar-refractivity contribution in [2.24, 2.45) is 28.9 Å². The van der Waals surface area contributed by atoms with E-state index in [0.29, 0.717) is 43.2 Å². The van der Waals surface area contributed by atoms with Crippen LogP contribution in [0.4, 0.5) is 10.1 Å². The number of anilines is 1. The van der Waals surface area contributed by atoms with Gasteiger partial charge in [0.05, 0.1) is 5.41 Å². The molecular weight excluding hydrogens is 491 g/mol. The Hall–Kier alpha value is -2.51. The Bertz CT molecular complexity index is 1120. The lowest BCUT2D eigenvalue weighted by Gasteiger charge is -2.44. The average molecular weight is 529 g/mol. The zero-order valence-corrected chi connectivity index (χ0v) is 22.7. The molecule has 2 saturated carbocycles. The Balaban J connectivity index is 1.43. The molecule has 4 rings (SSSR count). The van der Waals surface area contributed by atoms with E-state index in [1.807, 2.05) is 6.92 Å². The maximum absolute atomic E-state index is 13.5. The number of halogens is 2. The lowest BCUT2D eigenvalue weighted by molar-refractivity contribution is -0.129. The number of benzene rings is 1. The second-order valence-corrected chi connectivity index (χ2v) is 12.1. The maximum atomic E-state index is 13.5. The molecule has 1 aromatic heterocycles. The van der Waals surface area contributed by atoms with E-state index in [4.69, 9.17) is 17.3 Å². The summed E-state index contributed by atoms with van der Waals surface area (Å²) in [6.07, 6.45) is 8.09. The Morgan fingerprint density at radius 3 is 2.49 bits per heavy atom. The molecule has 2 fully saturated rings. The topological polar surface area (TPSA) is 97.1 Å². The Kier molecular flexibility index (Phi) is 8.24. The summed E-state index contributed by atoms with van der Waals surface area (Å²) in [4.78, 5) is 30.7. The van der Waals surface area contributed by atoms with Crippen LogP contribution in [0.3, 0.4) is 0 Å². The molecular formula is C29H38ClFN4O2. The summed E-state index contributed by atoms with van der Waals surface area (Å²) in [5.41, 5.74) is 6.81. The first-order chi connectivity index (χ1) is 17.5. The molecule has 4 N–H and O–H groups in total. The van der Waals surface area contributed by atoms with Gasteiger partial charge in [-0.25, -0.2) is 4.39 Å². The van der Waals surface area contributed by atoms with Gasteiger partial charge < -0.3 is 16.4 Å². The lowest BCUT2D eigenvalue weighted by Crippen LogP contribution is -2.50. The Morgan fingerprint density at radius 2 is 1.86 bits per heavy atom. The van der Waals surface area contributed by atoms with Gasteiger partial charge in [0.25, 0.3) is 0 Å². The second-order valence-electron chi connectivity index (χ2n) is 11.7. The minimum absolute atomic E-state index is 0.00345. The molecule has 37 heavy (non-hydrogen) atoms. The minimum Gasteiger partial charge on any atom is -0.354 e. The molecule has 8 heteroatoms. The van der Waals surface area contributed by atoms with Crippen molar-refractivity contribution >= 4 is 29.1 Å². The van der Waals surface area contributed by atoms with Crippen LogP contribution < -0.4 is 16.4 Å². The molecule has 2 aliphatic carbocycles. The van der Waals surface area contributed by atoms with Gasteiger partial charge in [0.15, 0.2) is 0 Å². The summed E-state index contributed by atoms with van der Waals surface area (Å²) >= 11 is 6.27. The second kappa shape index (κ2) is 11.1. The lowest BCUT2D eigenvalue weighted by atomic mass is 9.63. The van der Waals surface area contributed by atoms with Crippen LogP contribution in [0.15, 0.2) is 42.7 Å². The number of pyridine rings is 1. The van der Waals surface area contributed by atoms with E-state index >= 15 is 0 Å². The van der Waals surface area contributed by atoms with E-state index in [2.05, 4.69) is 29.5 Å². The number of amides is 2. The van der Waals surface area contributed by atoms with Crippen molar-refractivity contribution in [3.63, 3.8) is 0 Å². The monoisotopic (exact) mass is 528 g/mol. The summed E-state index contributed by atoms with van der Waals surface area (Å²) in [7, 11) is 0. The van der Waals surface area contributed by atoms with Crippen molar-refractivity contribution in [3.8, 4) is 0 Å². The highest BCUT2D eigenvalue weighted by atomic mass is 35.5. The van der Waals surface area contributed by atoms with Gasteiger partial charge in [-0.2, -0.15) is 0 Å². The van der Waals surface area contributed by atoms with Crippen molar-refractivity contribution in [2.45, 2.75) is 70.8 Å². The number of rotatable bonds is 9. The third kappa shape index (κ3) is 6.32. The molecule has 6 nitrogen and oxygen atoms in total. The van der Waals surface area contributed by atoms with E-state index in [1.165, 1.54) is 12.1 Å². The van der Waals surface area contributed by atoms with Crippen molar-refractivity contribution in [1.29, 1.82) is 0 Å². The third-order valence-corrected chi connectivity index (χ3v) is 8.43. The van der Waals surface area contributed by atoms with E-state index in [-0.39, 0.29) is 28.8 Å². The van der Waals surface area contributed by atoms with Crippen molar-refractivity contribution in [1.82, 2.24) is 10.3 Å². The summed E-state index contributed by atoms with van der Waals surface area (Å²) in [6, 6.07) is 7.49. The molecule has 4 atom stereocenters. The van der Waals surface area contributed by atoms with Crippen molar-refractivity contribution in [2.75, 3.05) is 11.9 Å². The van der Waals surface area contributed by atoms with Crippen LogP contribution in [-0.2, 0) is 15.0 Å². The highest BCUT2D eigenvalue weighted by Crippen LogP contribution is 2.51. The standard InChI is InChI=1S/C29H38ClFN4O2/c1-18(2)12-19-13-20(16-28(3,15-19)26(36)35-22-6-10-33-11-7-22)25(32)17-34-27(37)29(8-9-29)23-5-4-21(31)14-24(23)30/h4-7,10-11,14,18-20,25H,8-9,12-13,15-17,32H2,1-3H3,(H,34,37)(H,33,35,36). The summed E-state index contributed by atoms with van der Waals surface area (Å²) < 4.78 is 13.5. The van der Waals surface area contributed by atoms with Gasteiger partial charge in [-0.3, -0.25) is 14.6 Å². The van der Waals surface area contributed by atoms with Crippen LogP contribution in [0.2, 0.25) is 5.02 Å². The van der Waals surface area contributed by atoms with Gasteiger partial charge >= 0.3 is 0 Å². The molecule has 2 amide bonds. The number of nitrogens with one attached hydrogen (secondary N) is 2. The molecule has 0 bridgehead atoms. The fourth-order valence-electron chi connectivity index (χ4n) is 6.14. The van der Waals surface area contributed by atoms with Crippen LogP contribution >= 0.6 is 11.6 Å². The van der Waals surface area contributed by atoms with Gasteiger partial charge in [0.2, 0.25) is 11.8 Å². The number of nitrogens with zero attached hydrogens (tertiary/aromatic N) is 1. The highest BCUT2D eigenvalue weighted by Gasteiger charge is 2.52. The van der Waals surface area contributed by atoms with Crippen molar-refractivity contribution in [3.05, 3.63) is 59.1 Å². The Morgan fingerprint density at radius 1 is 1.16 bits per heavy atom. The number of hydrogen-bond donors (Lipinski definition) is 3. The summed E-state index contributed by atoms with van der Waals surface area (Å²) in [5, 5.41) is 6.39. The number of carbonyl (C=O) groups excluding carboxylic acids is 2. The fraction of sp³-hybridized carbons (Fsp3) is 0.552. The SMILES string of the molecule is CC(C)CC1CC(C(N)CNC(=O)C2(c3ccc(F)cc3Cl)CC2)CC(C)(C(=O)Nc2ccncc2)C1. The first-order valence-electron chi connectivity index (χ1n) is 13.2. The van der Waals surface area contributed by atoms with Crippen LogP contribution in [0.5, 0.6) is 0 Å². The fourth-order valence-corrected chi connectivity index (χ4v) is 6.48. The quantitative estimate of drug-likeness (QED) is 0.403.